The number of aromatic nitrogens is 2. The van der Waals surface area contributed by atoms with Gasteiger partial charge in [0.15, 0.2) is 5.15 Å². The van der Waals surface area contributed by atoms with Crippen LogP contribution in [0.25, 0.3) is 0 Å². The third kappa shape index (κ3) is 2.49. The van der Waals surface area contributed by atoms with Gasteiger partial charge in [-0.2, -0.15) is 0 Å². The van der Waals surface area contributed by atoms with Crippen LogP contribution in [0, 0.1) is 0 Å². The lowest BCUT2D eigenvalue weighted by Gasteiger charge is -2.35. The number of nitrogens with zero attached hydrogens (tertiary/aromatic N) is 3. The maximum absolute atomic E-state index is 6.33. The van der Waals surface area contributed by atoms with E-state index in [2.05, 4.69) is 28.3 Å². The van der Waals surface area contributed by atoms with Crippen LogP contribution < -0.4 is 5.73 Å². The lowest BCUT2D eigenvalue weighted by atomic mass is 9.94. The highest BCUT2D eigenvalue weighted by atomic mass is 35.5. The molecule has 20 heavy (non-hydrogen) atoms. The first kappa shape index (κ1) is 14.4. The molecule has 1 fully saturated rings. The topological polar surface area (TPSA) is 47.1 Å². The number of halogens is 1. The number of likely N-dealkylation sites (tertiary alicyclic amines) is 1. The first-order chi connectivity index (χ1) is 9.58. The number of fused-ring (bicyclic) bond motifs is 1. The number of nitrogens with two attached hydrogens (primary N) is 1. The standard InChI is InChI=1S/C15H25ClN4/c1-10(2)19-8-5-11(6-9-19)15-18-14(16)13-12(17)4-3-7-20(13)15/h10-12H,3-9,17H2,1-2H3. The SMILES string of the molecule is CC(C)N1CCC(c2nc(Cl)c3n2CCCC3N)CC1. The van der Waals surface area contributed by atoms with Crippen LogP contribution in [0.15, 0.2) is 0 Å². The Morgan fingerprint density at radius 2 is 1.90 bits per heavy atom. The average molecular weight is 297 g/mol. The van der Waals surface area contributed by atoms with Gasteiger partial charge in [0.2, 0.25) is 0 Å². The molecule has 4 nitrogen and oxygen atoms in total. The highest BCUT2D eigenvalue weighted by molar-refractivity contribution is 6.30. The number of piperidine rings is 1. The zero-order chi connectivity index (χ0) is 14.3. The summed E-state index contributed by atoms with van der Waals surface area (Å²) >= 11 is 6.33. The first-order valence-electron chi connectivity index (χ1n) is 7.83. The van der Waals surface area contributed by atoms with Crippen molar-refractivity contribution in [3.8, 4) is 0 Å². The Morgan fingerprint density at radius 3 is 2.55 bits per heavy atom. The number of hydrogen-bond donors (Lipinski definition) is 1. The highest BCUT2D eigenvalue weighted by Crippen LogP contribution is 2.36. The molecule has 112 valence electrons. The van der Waals surface area contributed by atoms with Gasteiger partial charge in [-0.25, -0.2) is 4.98 Å². The minimum atomic E-state index is 0.0632. The average Bonchev–Trinajstić information content (AvgIpc) is 2.77. The van der Waals surface area contributed by atoms with Crippen LogP contribution in [-0.2, 0) is 6.54 Å². The van der Waals surface area contributed by atoms with Crippen molar-refractivity contribution in [3.05, 3.63) is 16.7 Å². The number of rotatable bonds is 2. The van der Waals surface area contributed by atoms with Crippen LogP contribution in [0.2, 0.25) is 5.15 Å². The largest absolute Gasteiger partial charge is 0.329 e. The van der Waals surface area contributed by atoms with Gasteiger partial charge in [0.05, 0.1) is 5.69 Å². The van der Waals surface area contributed by atoms with E-state index < -0.39 is 0 Å². The maximum Gasteiger partial charge on any atom is 0.152 e. The van der Waals surface area contributed by atoms with Gasteiger partial charge in [-0.15, -0.1) is 0 Å². The second-order valence-electron chi connectivity index (χ2n) is 6.45. The van der Waals surface area contributed by atoms with Crippen LogP contribution >= 0.6 is 11.6 Å². The molecule has 2 N–H and O–H groups in total. The van der Waals surface area contributed by atoms with Crippen LogP contribution in [0.3, 0.4) is 0 Å². The first-order valence-corrected chi connectivity index (χ1v) is 8.21. The number of hydrogen-bond acceptors (Lipinski definition) is 3. The molecule has 3 heterocycles. The second kappa shape index (κ2) is 5.66. The molecule has 3 rings (SSSR count). The third-order valence-corrected chi connectivity index (χ3v) is 5.14. The summed E-state index contributed by atoms with van der Waals surface area (Å²) < 4.78 is 2.31. The number of imidazole rings is 1. The van der Waals surface area contributed by atoms with Crippen molar-refractivity contribution < 1.29 is 0 Å². The predicted molar refractivity (Wildman–Crippen MR) is 82.1 cm³/mol. The second-order valence-corrected chi connectivity index (χ2v) is 6.81. The molecule has 1 saturated heterocycles. The van der Waals surface area contributed by atoms with Crippen LogP contribution in [-0.4, -0.2) is 33.6 Å². The molecule has 1 atom stereocenters. The van der Waals surface area contributed by atoms with Crippen molar-refractivity contribution in [2.45, 2.75) is 64.1 Å². The Hall–Kier alpha value is -0.580. The third-order valence-electron chi connectivity index (χ3n) is 4.86. The summed E-state index contributed by atoms with van der Waals surface area (Å²) in [6.45, 7) is 7.89. The normalized spacial score (nSPS) is 25.1. The zero-order valence-corrected chi connectivity index (χ0v) is 13.2. The minimum absolute atomic E-state index is 0.0632. The van der Waals surface area contributed by atoms with Crippen LogP contribution in [0.4, 0.5) is 0 Å². The van der Waals surface area contributed by atoms with Gasteiger partial charge in [0.1, 0.15) is 5.82 Å². The molecule has 1 unspecified atom stereocenters. The van der Waals surface area contributed by atoms with E-state index in [1.54, 1.807) is 0 Å². The molecule has 5 heteroatoms. The summed E-state index contributed by atoms with van der Waals surface area (Å²) in [5.41, 5.74) is 7.27. The summed E-state index contributed by atoms with van der Waals surface area (Å²) in [7, 11) is 0. The lowest BCUT2D eigenvalue weighted by Crippen LogP contribution is -2.38. The molecular formula is C15H25ClN4. The maximum atomic E-state index is 6.33. The highest BCUT2D eigenvalue weighted by Gasteiger charge is 2.30. The van der Waals surface area contributed by atoms with Crippen molar-refractivity contribution >= 4 is 11.6 Å². The Labute approximate surface area is 126 Å². The molecule has 0 aliphatic carbocycles. The van der Waals surface area contributed by atoms with E-state index in [1.165, 1.54) is 18.7 Å². The van der Waals surface area contributed by atoms with E-state index in [1.807, 2.05) is 0 Å². The molecule has 1 aromatic rings. The zero-order valence-electron chi connectivity index (χ0n) is 12.5. The quantitative estimate of drug-likeness (QED) is 0.913. The van der Waals surface area contributed by atoms with E-state index in [9.17, 15) is 0 Å². The summed E-state index contributed by atoms with van der Waals surface area (Å²) in [5, 5.41) is 0.637. The van der Waals surface area contributed by atoms with Gasteiger partial charge in [0.25, 0.3) is 0 Å². The summed E-state index contributed by atoms with van der Waals surface area (Å²) in [5.74, 6) is 1.73. The van der Waals surface area contributed by atoms with E-state index >= 15 is 0 Å². The molecule has 0 aromatic carbocycles. The van der Waals surface area contributed by atoms with Crippen molar-refractivity contribution in [1.82, 2.24) is 14.5 Å². The van der Waals surface area contributed by atoms with Crippen LogP contribution in [0.1, 0.15) is 63.0 Å². The van der Waals surface area contributed by atoms with Crippen molar-refractivity contribution in [3.63, 3.8) is 0 Å². The van der Waals surface area contributed by atoms with Crippen molar-refractivity contribution in [1.29, 1.82) is 0 Å². The minimum Gasteiger partial charge on any atom is -0.329 e. The summed E-state index contributed by atoms with van der Waals surface area (Å²) in [6.07, 6.45) is 4.52. The lowest BCUT2D eigenvalue weighted by molar-refractivity contribution is 0.168. The van der Waals surface area contributed by atoms with E-state index in [0.29, 0.717) is 17.1 Å². The van der Waals surface area contributed by atoms with Crippen molar-refractivity contribution in [2.24, 2.45) is 5.73 Å². The molecule has 0 spiro atoms. The molecule has 0 saturated carbocycles. The fourth-order valence-corrected chi connectivity index (χ4v) is 3.96. The van der Waals surface area contributed by atoms with Gasteiger partial charge < -0.3 is 15.2 Å². The molecule has 0 radical (unpaired) electrons. The molecule has 2 aliphatic heterocycles. The van der Waals surface area contributed by atoms with Gasteiger partial charge in [-0.3, -0.25) is 0 Å². The Bertz CT molecular complexity index is 474. The van der Waals surface area contributed by atoms with Gasteiger partial charge >= 0.3 is 0 Å². The molecule has 1 aromatic heterocycles. The predicted octanol–water partition coefficient (Wildman–Crippen LogP) is 2.92. The molecular weight excluding hydrogens is 272 g/mol. The smallest absolute Gasteiger partial charge is 0.152 e. The van der Waals surface area contributed by atoms with Gasteiger partial charge in [-0.05, 0) is 52.6 Å². The fraction of sp³-hybridized carbons (Fsp3) is 0.800. The fourth-order valence-electron chi connectivity index (χ4n) is 3.63. The van der Waals surface area contributed by atoms with Crippen molar-refractivity contribution in [2.75, 3.05) is 13.1 Å². The van der Waals surface area contributed by atoms with E-state index in [-0.39, 0.29) is 6.04 Å². The Morgan fingerprint density at radius 1 is 1.20 bits per heavy atom. The van der Waals surface area contributed by atoms with E-state index in [0.717, 1.165) is 38.2 Å². The molecule has 0 bridgehead atoms. The summed E-state index contributed by atoms with van der Waals surface area (Å²) in [4.78, 5) is 7.21. The van der Waals surface area contributed by atoms with E-state index in [4.69, 9.17) is 17.3 Å². The van der Waals surface area contributed by atoms with Gasteiger partial charge in [-0.1, -0.05) is 11.6 Å². The van der Waals surface area contributed by atoms with Crippen LogP contribution in [0.5, 0.6) is 0 Å². The molecule has 2 aliphatic rings. The molecule has 0 amide bonds. The monoisotopic (exact) mass is 296 g/mol. The van der Waals surface area contributed by atoms with Gasteiger partial charge in [0, 0.05) is 24.5 Å². The Balaban J connectivity index is 1.80. The summed E-state index contributed by atoms with van der Waals surface area (Å²) in [6, 6.07) is 0.704. The Kier molecular flexibility index (Phi) is 4.07.